The van der Waals surface area contributed by atoms with Crippen LogP contribution < -0.4 is 5.32 Å². The summed E-state index contributed by atoms with van der Waals surface area (Å²) >= 11 is 1.79. The second kappa shape index (κ2) is 9.45. The quantitative estimate of drug-likeness (QED) is 0.341. The highest BCUT2D eigenvalue weighted by atomic mass is 32.2. The highest BCUT2D eigenvalue weighted by Gasteiger charge is 2.16. The van der Waals surface area contributed by atoms with E-state index >= 15 is 0 Å². The zero-order chi connectivity index (χ0) is 22.7. The number of hydrogen-bond acceptors (Lipinski definition) is 3. The fourth-order valence-electron chi connectivity index (χ4n) is 3.75. The van der Waals surface area contributed by atoms with Crippen LogP contribution in [0.15, 0.2) is 77.7 Å². The molecule has 1 amide bonds. The third kappa shape index (κ3) is 4.78. The van der Waals surface area contributed by atoms with Gasteiger partial charge in [-0.25, -0.2) is 4.68 Å². The third-order valence-electron chi connectivity index (χ3n) is 5.44. The summed E-state index contributed by atoms with van der Waals surface area (Å²) in [4.78, 5) is 14.3. The third-order valence-corrected chi connectivity index (χ3v) is 6.69. The number of hydrogen-bond donors (Lipinski definition) is 1. The standard InChI is InChI=1S/C27H27N3OS/c1-18-13-14-25(19(2)15-18)32-17-22-9-8-10-23(16-22)27(31)28-26-20(3)29-30(21(26)4)24-11-6-5-7-12-24/h5-16H,17H2,1-4H3,(H,28,31). The molecule has 1 heterocycles. The van der Waals surface area contributed by atoms with Crippen molar-refractivity contribution in [1.82, 2.24) is 9.78 Å². The van der Waals surface area contributed by atoms with Crippen LogP contribution in [0.1, 0.15) is 38.4 Å². The van der Waals surface area contributed by atoms with Crippen molar-refractivity contribution >= 4 is 23.4 Å². The van der Waals surface area contributed by atoms with Gasteiger partial charge in [0.25, 0.3) is 5.91 Å². The smallest absolute Gasteiger partial charge is 0.255 e. The van der Waals surface area contributed by atoms with Crippen molar-refractivity contribution in [2.24, 2.45) is 0 Å². The predicted octanol–water partition coefficient (Wildman–Crippen LogP) is 6.65. The van der Waals surface area contributed by atoms with Gasteiger partial charge in [-0.15, -0.1) is 11.8 Å². The van der Waals surface area contributed by atoms with Gasteiger partial charge in [0, 0.05) is 16.2 Å². The minimum absolute atomic E-state index is 0.123. The van der Waals surface area contributed by atoms with E-state index in [1.165, 1.54) is 16.0 Å². The highest BCUT2D eigenvalue weighted by Crippen LogP contribution is 2.27. The molecule has 0 saturated heterocycles. The minimum atomic E-state index is -0.123. The van der Waals surface area contributed by atoms with Crippen molar-refractivity contribution in [3.63, 3.8) is 0 Å². The number of nitrogens with zero attached hydrogens (tertiary/aromatic N) is 2. The molecule has 0 radical (unpaired) electrons. The summed E-state index contributed by atoms with van der Waals surface area (Å²) < 4.78 is 1.86. The van der Waals surface area contributed by atoms with E-state index in [1.807, 2.05) is 67.1 Å². The molecule has 0 saturated carbocycles. The number of para-hydroxylation sites is 1. The van der Waals surface area contributed by atoms with E-state index < -0.39 is 0 Å². The maximum Gasteiger partial charge on any atom is 0.255 e. The molecule has 0 spiro atoms. The molecule has 4 rings (SSSR count). The van der Waals surface area contributed by atoms with E-state index in [2.05, 4.69) is 48.5 Å². The summed E-state index contributed by atoms with van der Waals surface area (Å²) in [5.41, 5.74) is 7.75. The van der Waals surface area contributed by atoms with Gasteiger partial charge in [-0.1, -0.05) is 48.0 Å². The number of rotatable bonds is 6. The van der Waals surface area contributed by atoms with Gasteiger partial charge in [0.15, 0.2) is 0 Å². The Morgan fingerprint density at radius 2 is 1.72 bits per heavy atom. The van der Waals surface area contributed by atoms with Crippen LogP contribution in [0.2, 0.25) is 0 Å². The average Bonchev–Trinajstić information content (AvgIpc) is 3.07. The molecule has 0 aliphatic heterocycles. The summed E-state index contributed by atoms with van der Waals surface area (Å²) in [5.74, 6) is 0.692. The molecule has 0 bridgehead atoms. The summed E-state index contributed by atoms with van der Waals surface area (Å²) in [7, 11) is 0. The highest BCUT2D eigenvalue weighted by molar-refractivity contribution is 7.98. The zero-order valence-corrected chi connectivity index (χ0v) is 19.7. The van der Waals surface area contributed by atoms with E-state index in [4.69, 9.17) is 0 Å². The Hall–Kier alpha value is -3.31. The first-order valence-corrected chi connectivity index (χ1v) is 11.6. The fourth-order valence-corrected chi connectivity index (χ4v) is 4.71. The number of aromatic nitrogens is 2. The Bertz CT molecular complexity index is 1260. The van der Waals surface area contributed by atoms with Crippen LogP contribution in [0.25, 0.3) is 5.69 Å². The van der Waals surface area contributed by atoms with E-state index in [0.29, 0.717) is 5.56 Å². The lowest BCUT2D eigenvalue weighted by molar-refractivity contribution is 0.102. The maximum absolute atomic E-state index is 13.0. The summed E-state index contributed by atoms with van der Waals surface area (Å²) in [6, 6.07) is 24.3. The molecule has 0 atom stereocenters. The molecule has 0 unspecified atom stereocenters. The van der Waals surface area contributed by atoms with Gasteiger partial charge in [-0.2, -0.15) is 5.10 Å². The van der Waals surface area contributed by atoms with Crippen LogP contribution in [-0.2, 0) is 5.75 Å². The van der Waals surface area contributed by atoms with Crippen molar-refractivity contribution in [3.8, 4) is 5.69 Å². The van der Waals surface area contributed by atoms with Gasteiger partial charge in [0.2, 0.25) is 0 Å². The lowest BCUT2D eigenvalue weighted by Crippen LogP contribution is -2.13. The molecular formula is C27H27N3OS. The summed E-state index contributed by atoms with van der Waals surface area (Å²) in [5, 5.41) is 7.69. The first-order valence-electron chi connectivity index (χ1n) is 10.6. The number of aryl methyl sites for hydroxylation is 3. The molecular weight excluding hydrogens is 414 g/mol. The number of carbonyl (C=O) groups excluding carboxylic acids is 1. The molecule has 5 heteroatoms. The Balaban J connectivity index is 1.49. The molecule has 0 aliphatic rings. The van der Waals surface area contributed by atoms with Gasteiger partial charge >= 0.3 is 0 Å². The summed E-state index contributed by atoms with van der Waals surface area (Å²) in [6.45, 7) is 8.13. The predicted molar refractivity (Wildman–Crippen MR) is 133 cm³/mol. The van der Waals surface area contributed by atoms with Crippen molar-refractivity contribution in [3.05, 3.63) is 106 Å². The maximum atomic E-state index is 13.0. The van der Waals surface area contributed by atoms with E-state index in [-0.39, 0.29) is 5.91 Å². The molecule has 162 valence electrons. The molecule has 4 nitrogen and oxygen atoms in total. The molecule has 1 N–H and O–H groups in total. The first kappa shape index (κ1) is 21.9. The van der Waals surface area contributed by atoms with Gasteiger partial charge < -0.3 is 5.32 Å². The van der Waals surface area contributed by atoms with Crippen LogP contribution in [-0.4, -0.2) is 15.7 Å². The van der Waals surface area contributed by atoms with Crippen LogP contribution >= 0.6 is 11.8 Å². The second-order valence-corrected chi connectivity index (χ2v) is 9.02. The summed E-state index contributed by atoms with van der Waals surface area (Å²) in [6.07, 6.45) is 0. The molecule has 0 fully saturated rings. The number of carbonyl (C=O) groups is 1. The van der Waals surface area contributed by atoms with Crippen molar-refractivity contribution in [2.45, 2.75) is 38.3 Å². The lowest BCUT2D eigenvalue weighted by Gasteiger charge is -2.09. The van der Waals surface area contributed by atoms with Gasteiger partial charge in [-0.05, 0) is 69.2 Å². The number of anilines is 1. The molecule has 32 heavy (non-hydrogen) atoms. The SMILES string of the molecule is Cc1ccc(SCc2cccc(C(=O)Nc3c(C)nn(-c4ccccc4)c3C)c2)c(C)c1. The van der Waals surface area contributed by atoms with Crippen LogP contribution in [0.3, 0.4) is 0 Å². The van der Waals surface area contributed by atoms with E-state index in [1.54, 1.807) is 11.8 Å². The molecule has 1 aromatic heterocycles. The van der Waals surface area contributed by atoms with Crippen molar-refractivity contribution in [2.75, 3.05) is 5.32 Å². The molecule has 3 aromatic carbocycles. The average molecular weight is 442 g/mol. The number of benzene rings is 3. The molecule has 0 aliphatic carbocycles. The Kier molecular flexibility index (Phi) is 6.47. The van der Waals surface area contributed by atoms with Crippen LogP contribution in [0, 0.1) is 27.7 Å². The van der Waals surface area contributed by atoms with Crippen LogP contribution in [0.4, 0.5) is 5.69 Å². The van der Waals surface area contributed by atoms with Crippen molar-refractivity contribution < 1.29 is 4.79 Å². The van der Waals surface area contributed by atoms with Gasteiger partial charge in [0.05, 0.1) is 22.8 Å². The zero-order valence-electron chi connectivity index (χ0n) is 18.8. The molecule has 4 aromatic rings. The lowest BCUT2D eigenvalue weighted by atomic mass is 10.1. The van der Waals surface area contributed by atoms with Crippen molar-refractivity contribution in [1.29, 1.82) is 0 Å². The number of thioether (sulfide) groups is 1. The first-order chi connectivity index (χ1) is 15.4. The number of nitrogens with one attached hydrogen (secondary N) is 1. The Morgan fingerprint density at radius 3 is 2.47 bits per heavy atom. The minimum Gasteiger partial charge on any atom is -0.319 e. The number of amides is 1. The monoisotopic (exact) mass is 441 g/mol. The van der Waals surface area contributed by atoms with Crippen LogP contribution in [0.5, 0.6) is 0 Å². The normalized spacial score (nSPS) is 10.9. The van der Waals surface area contributed by atoms with E-state index in [0.717, 1.165) is 34.1 Å². The Morgan fingerprint density at radius 1 is 0.938 bits per heavy atom. The Labute approximate surface area is 193 Å². The fraction of sp³-hybridized carbons (Fsp3) is 0.185. The van der Waals surface area contributed by atoms with Gasteiger partial charge in [-0.3, -0.25) is 4.79 Å². The van der Waals surface area contributed by atoms with Gasteiger partial charge in [0.1, 0.15) is 0 Å². The van der Waals surface area contributed by atoms with E-state index in [9.17, 15) is 4.79 Å². The second-order valence-electron chi connectivity index (χ2n) is 8.01. The largest absolute Gasteiger partial charge is 0.319 e. The topological polar surface area (TPSA) is 46.9 Å².